The monoisotopic (exact) mass is 491 g/mol. The molecule has 8 heteroatoms. The average Bonchev–Trinajstić information content (AvgIpc) is 2.92. The number of hydrogen-bond acceptors (Lipinski definition) is 5. The number of nitrogens with one attached hydrogen (secondary N) is 2. The van der Waals surface area contributed by atoms with Crippen molar-refractivity contribution in [2.45, 2.75) is 13.0 Å². The van der Waals surface area contributed by atoms with Gasteiger partial charge >= 0.3 is 6.03 Å². The molecule has 1 heterocycles. The van der Waals surface area contributed by atoms with Crippen molar-refractivity contribution in [3.63, 3.8) is 0 Å². The Hall–Kier alpha value is -3.78. The maximum absolute atomic E-state index is 13.4. The summed E-state index contributed by atoms with van der Waals surface area (Å²) in [5, 5.41) is 4.67. The van der Waals surface area contributed by atoms with Gasteiger partial charge in [-0.3, -0.25) is 9.91 Å². The number of ether oxygens (including phenoxy) is 1. The molecule has 3 aromatic carbocycles. The normalized spacial score (nSPS) is 13.8. The highest BCUT2D eigenvalue weighted by molar-refractivity contribution is 5.76. The standard InChI is InChI=1S/C28H34FN5O2/c1-36-27-11-6-5-10-26(27)33-20-18-32(19-21-33)17-7-16-30-28(35)31-34(22-23-8-3-2-4-9-23)25-14-12-24(29)13-15-25/h2-6,8-15H,7,16-22H2,1H3,(H2,30,31,35). The third-order valence-corrected chi connectivity index (χ3v) is 6.29. The summed E-state index contributed by atoms with van der Waals surface area (Å²) in [4.78, 5) is 17.4. The zero-order valence-corrected chi connectivity index (χ0v) is 20.7. The molecule has 36 heavy (non-hydrogen) atoms. The van der Waals surface area contributed by atoms with Crippen molar-refractivity contribution in [2.75, 3.05) is 56.3 Å². The smallest absolute Gasteiger partial charge is 0.333 e. The van der Waals surface area contributed by atoms with Crippen LogP contribution in [0.5, 0.6) is 5.75 Å². The second-order valence-corrected chi connectivity index (χ2v) is 8.77. The van der Waals surface area contributed by atoms with Gasteiger partial charge in [0.25, 0.3) is 0 Å². The second kappa shape index (κ2) is 12.8. The molecule has 1 saturated heterocycles. The molecule has 2 N–H and O–H groups in total. The number of carbonyl (C=O) groups is 1. The van der Waals surface area contributed by atoms with E-state index in [9.17, 15) is 9.18 Å². The first-order chi connectivity index (χ1) is 17.6. The zero-order chi connectivity index (χ0) is 25.2. The molecule has 0 aromatic heterocycles. The van der Waals surface area contributed by atoms with Gasteiger partial charge in [0.15, 0.2) is 0 Å². The minimum absolute atomic E-state index is 0.281. The summed E-state index contributed by atoms with van der Waals surface area (Å²) in [5.74, 6) is 0.592. The second-order valence-electron chi connectivity index (χ2n) is 8.77. The van der Waals surface area contributed by atoms with Crippen LogP contribution in [-0.2, 0) is 6.54 Å². The fourth-order valence-electron chi connectivity index (χ4n) is 4.35. The number of piperazine rings is 1. The first-order valence-corrected chi connectivity index (χ1v) is 12.3. The number of nitrogens with zero attached hydrogens (tertiary/aromatic N) is 3. The number of para-hydroxylation sites is 2. The number of methoxy groups -OCH3 is 1. The van der Waals surface area contributed by atoms with Gasteiger partial charge in [0.05, 0.1) is 25.0 Å². The number of anilines is 2. The predicted octanol–water partition coefficient (Wildman–Crippen LogP) is 4.27. The van der Waals surface area contributed by atoms with Gasteiger partial charge in [-0.15, -0.1) is 0 Å². The molecule has 7 nitrogen and oxygen atoms in total. The van der Waals surface area contributed by atoms with Gasteiger partial charge in [-0.1, -0.05) is 42.5 Å². The number of hydrogen-bond donors (Lipinski definition) is 2. The molecule has 0 unspecified atom stereocenters. The van der Waals surface area contributed by atoms with Crippen LogP contribution >= 0.6 is 0 Å². The molecule has 1 fully saturated rings. The summed E-state index contributed by atoms with van der Waals surface area (Å²) in [5.41, 5.74) is 5.79. The number of hydrazine groups is 1. The minimum Gasteiger partial charge on any atom is -0.495 e. The van der Waals surface area contributed by atoms with E-state index in [2.05, 4.69) is 26.6 Å². The Bertz CT molecular complexity index is 1090. The summed E-state index contributed by atoms with van der Waals surface area (Å²) in [6.07, 6.45) is 0.858. The zero-order valence-electron chi connectivity index (χ0n) is 20.7. The van der Waals surface area contributed by atoms with Crippen LogP contribution in [0, 0.1) is 5.82 Å². The van der Waals surface area contributed by atoms with Crippen molar-refractivity contribution in [3.8, 4) is 5.75 Å². The molecular weight excluding hydrogens is 457 g/mol. The number of amides is 2. The Morgan fingerprint density at radius 2 is 1.64 bits per heavy atom. The molecule has 1 aliphatic heterocycles. The Morgan fingerprint density at radius 3 is 2.36 bits per heavy atom. The number of benzene rings is 3. The van der Waals surface area contributed by atoms with Gasteiger partial charge < -0.3 is 15.0 Å². The van der Waals surface area contributed by atoms with Gasteiger partial charge in [0, 0.05) is 32.7 Å². The lowest BCUT2D eigenvalue weighted by atomic mass is 10.2. The van der Waals surface area contributed by atoms with E-state index in [4.69, 9.17) is 4.74 Å². The van der Waals surface area contributed by atoms with Crippen LogP contribution in [0.3, 0.4) is 0 Å². The van der Waals surface area contributed by atoms with Crippen molar-refractivity contribution in [3.05, 3.63) is 90.2 Å². The molecule has 0 bridgehead atoms. The molecule has 2 amide bonds. The summed E-state index contributed by atoms with van der Waals surface area (Å²) in [6.45, 7) is 5.80. The summed E-state index contributed by atoms with van der Waals surface area (Å²) >= 11 is 0. The molecule has 0 atom stereocenters. The van der Waals surface area contributed by atoms with Crippen molar-refractivity contribution < 1.29 is 13.9 Å². The Balaban J connectivity index is 1.21. The van der Waals surface area contributed by atoms with E-state index in [1.54, 1.807) is 24.3 Å². The van der Waals surface area contributed by atoms with Gasteiger partial charge in [0.2, 0.25) is 0 Å². The van der Waals surface area contributed by atoms with E-state index in [1.807, 2.05) is 48.5 Å². The topological polar surface area (TPSA) is 60.1 Å². The maximum Gasteiger partial charge on any atom is 0.333 e. The average molecular weight is 492 g/mol. The first kappa shape index (κ1) is 25.3. The van der Waals surface area contributed by atoms with Crippen LogP contribution in [0.1, 0.15) is 12.0 Å². The summed E-state index contributed by atoms with van der Waals surface area (Å²) < 4.78 is 18.9. The van der Waals surface area contributed by atoms with Gasteiger partial charge in [-0.2, -0.15) is 0 Å². The highest BCUT2D eigenvalue weighted by atomic mass is 19.1. The lowest BCUT2D eigenvalue weighted by molar-refractivity contribution is 0.235. The lowest BCUT2D eigenvalue weighted by Crippen LogP contribution is -2.49. The summed E-state index contributed by atoms with van der Waals surface area (Å²) in [7, 11) is 1.71. The molecule has 4 rings (SSSR count). The van der Waals surface area contributed by atoms with E-state index in [1.165, 1.54) is 12.1 Å². The third-order valence-electron chi connectivity index (χ3n) is 6.29. The van der Waals surface area contributed by atoms with Crippen LogP contribution in [0.25, 0.3) is 0 Å². The predicted molar refractivity (Wildman–Crippen MR) is 142 cm³/mol. The number of rotatable bonds is 10. The third kappa shape index (κ3) is 7.11. The molecule has 1 aliphatic rings. The first-order valence-electron chi connectivity index (χ1n) is 12.3. The molecule has 0 saturated carbocycles. The van der Waals surface area contributed by atoms with Crippen molar-refractivity contribution in [1.29, 1.82) is 0 Å². The highest BCUT2D eigenvalue weighted by Crippen LogP contribution is 2.28. The van der Waals surface area contributed by atoms with Crippen molar-refractivity contribution >= 4 is 17.4 Å². The van der Waals surface area contributed by atoms with Gasteiger partial charge in [0.1, 0.15) is 11.6 Å². The minimum atomic E-state index is -0.313. The van der Waals surface area contributed by atoms with E-state index < -0.39 is 0 Å². The van der Waals surface area contributed by atoms with Crippen molar-refractivity contribution in [2.24, 2.45) is 0 Å². The fraction of sp³-hybridized carbons (Fsp3) is 0.321. The highest BCUT2D eigenvalue weighted by Gasteiger charge is 2.19. The number of urea groups is 1. The molecule has 0 radical (unpaired) electrons. The number of carbonyl (C=O) groups excluding carboxylic acids is 1. The fourth-order valence-corrected chi connectivity index (χ4v) is 4.35. The molecule has 0 aliphatic carbocycles. The van der Waals surface area contributed by atoms with Gasteiger partial charge in [-0.05, 0) is 54.9 Å². The molecule has 190 valence electrons. The van der Waals surface area contributed by atoms with E-state index in [0.29, 0.717) is 18.8 Å². The van der Waals surface area contributed by atoms with E-state index in [-0.39, 0.29) is 11.8 Å². The quantitative estimate of drug-likeness (QED) is 0.328. The van der Waals surface area contributed by atoms with Crippen LogP contribution in [0.4, 0.5) is 20.6 Å². The van der Waals surface area contributed by atoms with Gasteiger partial charge in [-0.25, -0.2) is 14.6 Å². The van der Waals surface area contributed by atoms with Crippen LogP contribution in [0.15, 0.2) is 78.9 Å². The Kier molecular flexibility index (Phi) is 8.99. The van der Waals surface area contributed by atoms with E-state index >= 15 is 0 Å². The maximum atomic E-state index is 13.4. The van der Waals surface area contributed by atoms with Crippen LogP contribution in [-0.4, -0.2) is 57.3 Å². The van der Waals surface area contributed by atoms with Crippen LogP contribution < -0.4 is 25.4 Å². The molecule has 3 aromatic rings. The Morgan fingerprint density at radius 1 is 0.944 bits per heavy atom. The molecular formula is C28H34FN5O2. The van der Waals surface area contributed by atoms with E-state index in [0.717, 1.165) is 56.1 Å². The van der Waals surface area contributed by atoms with Crippen molar-refractivity contribution in [1.82, 2.24) is 15.6 Å². The largest absolute Gasteiger partial charge is 0.495 e. The molecule has 0 spiro atoms. The lowest BCUT2D eigenvalue weighted by Gasteiger charge is -2.36. The Labute approximate surface area is 212 Å². The SMILES string of the molecule is COc1ccccc1N1CCN(CCCNC(=O)NN(Cc2ccccc2)c2ccc(F)cc2)CC1. The van der Waals surface area contributed by atoms with Crippen LogP contribution in [0.2, 0.25) is 0 Å². The summed E-state index contributed by atoms with van der Waals surface area (Å²) in [6, 6.07) is 23.8. The number of halogens is 1.